The van der Waals surface area contributed by atoms with Crippen molar-refractivity contribution in [2.24, 2.45) is 7.05 Å². The van der Waals surface area contributed by atoms with Crippen molar-refractivity contribution in [3.05, 3.63) is 47.5 Å². The van der Waals surface area contributed by atoms with Crippen LogP contribution in [0.15, 0.2) is 30.7 Å². The lowest BCUT2D eigenvalue weighted by molar-refractivity contribution is 0.0963. The summed E-state index contributed by atoms with van der Waals surface area (Å²) in [5.74, 6) is 0.977. The fraction of sp³-hybridized carbons (Fsp3) is 0.278. The Hall–Kier alpha value is -3.29. The number of rotatable bonds is 4. The Bertz CT molecular complexity index is 979. The molecule has 1 aliphatic carbocycles. The summed E-state index contributed by atoms with van der Waals surface area (Å²) in [5, 5.41) is 10.4. The van der Waals surface area contributed by atoms with Gasteiger partial charge in [-0.25, -0.2) is 9.97 Å². The first-order chi connectivity index (χ1) is 12.7. The zero-order valence-electron chi connectivity index (χ0n) is 14.7. The second kappa shape index (κ2) is 6.55. The number of aryl methyl sites for hydroxylation is 1. The summed E-state index contributed by atoms with van der Waals surface area (Å²) in [6.45, 7) is 0. The van der Waals surface area contributed by atoms with E-state index >= 15 is 0 Å². The van der Waals surface area contributed by atoms with Crippen LogP contribution in [-0.4, -0.2) is 37.7 Å². The summed E-state index contributed by atoms with van der Waals surface area (Å²) in [4.78, 5) is 25.0. The Morgan fingerprint density at radius 1 is 1.23 bits per heavy atom. The first-order valence-corrected chi connectivity index (χ1v) is 8.48. The Labute approximate surface area is 150 Å². The molecule has 0 fully saturated rings. The van der Waals surface area contributed by atoms with E-state index in [1.807, 2.05) is 11.7 Å². The zero-order valence-corrected chi connectivity index (χ0v) is 14.7. The van der Waals surface area contributed by atoms with Crippen LogP contribution in [0.3, 0.4) is 0 Å². The highest BCUT2D eigenvalue weighted by atomic mass is 16.1. The van der Waals surface area contributed by atoms with Gasteiger partial charge in [0.05, 0.1) is 11.3 Å². The summed E-state index contributed by atoms with van der Waals surface area (Å²) < 4.78 is 1.92. The maximum absolute atomic E-state index is 12.0. The molecule has 3 heterocycles. The van der Waals surface area contributed by atoms with Gasteiger partial charge in [-0.05, 0) is 31.4 Å². The minimum absolute atomic E-state index is 0.211. The summed E-state index contributed by atoms with van der Waals surface area (Å²) in [6.07, 6.45) is 8.03. The van der Waals surface area contributed by atoms with Gasteiger partial charge in [0.2, 0.25) is 0 Å². The normalized spacial score (nSPS) is 12.7. The van der Waals surface area contributed by atoms with Gasteiger partial charge in [-0.15, -0.1) is 0 Å². The van der Waals surface area contributed by atoms with Gasteiger partial charge in [0, 0.05) is 43.9 Å². The van der Waals surface area contributed by atoms with E-state index in [4.69, 9.17) is 0 Å². The second-order valence-electron chi connectivity index (χ2n) is 6.14. The van der Waals surface area contributed by atoms with Crippen molar-refractivity contribution in [2.75, 3.05) is 12.4 Å². The van der Waals surface area contributed by atoms with Crippen LogP contribution in [0.2, 0.25) is 0 Å². The number of anilines is 2. The van der Waals surface area contributed by atoms with E-state index in [9.17, 15) is 4.79 Å². The smallest absolute Gasteiger partial charge is 0.254 e. The molecule has 0 unspecified atom stereocenters. The van der Waals surface area contributed by atoms with Crippen molar-refractivity contribution in [2.45, 2.75) is 19.3 Å². The number of fused-ring (bicyclic) bond motifs is 1. The van der Waals surface area contributed by atoms with Crippen LogP contribution in [0.4, 0.5) is 11.5 Å². The molecule has 0 aliphatic heterocycles. The van der Waals surface area contributed by atoms with Gasteiger partial charge in [0.25, 0.3) is 5.91 Å². The fourth-order valence-electron chi connectivity index (χ4n) is 3.29. The number of hydrogen-bond donors (Lipinski definition) is 2. The van der Waals surface area contributed by atoms with Crippen LogP contribution in [-0.2, 0) is 19.9 Å². The van der Waals surface area contributed by atoms with Gasteiger partial charge >= 0.3 is 0 Å². The molecule has 1 amide bonds. The maximum Gasteiger partial charge on any atom is 0.254 e. The number of carbonyl (C=O) groups is 1. The minimum Gasteiger partial charge on any atom is -0.355 e. The molecule has 0 radical (unpaired) electrons. The van der Waals surface area contributed by atoms with Gasteiger partial charge in [-0.2, -0.15) is 5.10 Å². The van der Waals surface area contributed by atoms with E-state index in [0.717, 1.165) is 25.0 Å². The molecule has 0 saturated carbocycles. The van der Waals surface area contributed by atoms with Crippen molar-refractivity contribution < 1.29 is 4.79 Å². The highest BCUT2D eigenvalue weighted by Gasteiger charge is 2.23. The lowest BCUT2D eigenvalue weighted by Gasteiger charge is -2.10. The number of nitrogens with zero attached hydrogens (tertiary/aromatic N) is 5. The van der Waals surface area contributed by atoms with Crippen LogP contribution in [0, 0.1) is 0 Å². The predicted molar refractivity (Wildman–Crippen MR) is 97.2 cm³/mol. The molecule has 2 N–H and O–H groups in total. The fourth-order valence-corrected chi connectivity index (χ4v) is 3.29. The molecule has 132 valence electrons. The average Bonchev–Trinajstić information content (AvgIpc) is 3.26. The summed E-state index contributed by atoms with van der Waals surface area (Å²) in [6, 6.07) is 3.51. The molecule has 0 atom stereocenters. The van der Waals surface area contributed by atoms with E-state index in [1.165, 1.54) is 17.5 Å². The molecule has 8 heteroatoms. The largest absolute Gasteiger partial charge is 0.355 e. The highest BCUT2D eigenvalue weighted by molar-refractivity contribution is 5.99. The van der Waals surface area contributed by atoms with Gasteiger partial charge in [0.15, 0.2) is 5.82 Å². The van der Waals surface area contributed by atoms with Crippen LogP contribution in [0.1, 0.15) is 28.0 Å². The molecule has 3 aromatic heterocycles. The number of nitrogens with one attached hydrogen (secondary N) is 2. The lowest BCUT2D eigenvalue weighted by atomic mass is 10.2. The van der Waals surface area contributed by atoms with Gasteiger partial charge in [-0.1, -0.05) is 0 Å². The van der Waals surface area contributed by atoms with Crippen LogP contribution >= 0.6 is 0 Å². The van der Waals surface area contributed by atoms with Crippen LogP contribution in [0.25, 0.3) is 11.5 Å². The standard InChI is InChI=1S/C18H19N7O/c1-19-18(26)12-10-20-8-6-13(12)22-15-7-9-21-17(23-15)16-11-4-3-5-14(11)25(2)24-16/h6-10H,3-5H2,1-2H3,(H,19,26)(H,20,21,22,23). The molecular formula is C18H19N7O. The number of carbonyl (C=O) groups excluding carboxylic acids is 1. The summed E-state index contributed by atoms with van der Waals surface area (Å²) >= 11 is 0. The third kappa shape index (κ3) is 2.79. The van der Waals surface area contributed by atoms with E-state index in [2.05, 4.69) is 30.7 Å². The van der Waals surface area contributed by atoms with Crippen molar-refractivity contribution in [1.82, 2.24) is 30.0 Å². The predicted octanol–water partition coefficient (Wildman–Crippen LogP) is 1.86. The Kier molecular flexibility index (Phi) is 4.08. The third-order valence-electron chi connectivity index (χ3n) is 4.54. The van der Waals surface area contributed by atoms with Crippen molar-refractivity contribution in [3.8, 4) is 11.5 Å². The monoisotopic (exact) mass is 349 g/mol. The molecule has 0 bridgehead atoms. The molecule has 4 rings (SSSR count). The molecule has 8 nitrogen and oxygen atoms in total. The third-order valence-corrected chi connectivity index (χ3v) is 4.54. The van der Waals surface area contributed by atoms with Gasteiger partial charge < -0.3 is 10.6 Å². The molecule has 0 aromatic carbocycles. The Balaban J connectivity index is 1.68. The second-order valence-corrected chi connectivity index (χ2v) is 6.14. The highest BCUT2D eigenvalue weighted by Crippen LogP contribution is 2.30. The average molecular weight is 349 g/mol. The summed E-state index contributed by atoms with van der Waals surface area (Å²) in [7, 11) is 3.55. The molecule has 26 heavy (non-hydrogen) atoms. The minimum atomic E-state index is -0.211. The Morgan fingerprint density at radius 2 is 2.12 bits per heavy atom. The van der Waals surface area contributed by atoms with E-state index < -0.39 is 0 Å². The van der Waals surface area contributed by atoms with Crippen molar-refractivity contribution in [3.63, 3.8) is 0 Å². The first-order valence-electron chi connectivity index (χ1n) is 8.48. The SMILES string of the molecule is CNC(=O)c1cnccc1Nc1ccnc(-c2nn(C)c3c2CCC3)n1. The number of amides is 1. The maximum atomic E-state index is 12.0. The van der Waals surface area contributed by atoms with E-state index in [1.54, 1.807) is 31.6 Å². The van der Waals surface area contributed by atoms with Crippen LogP contribution in [0.5, 0.6) is 0 Å². The molecule has 0 saturated heterocycles. The zero-order chi connectivity index (χ0) is 18.1. The topological polar surface area (TPSA) is 97.6 Å². The lowest BCUT2D eigenvalue weighted by Crippen LogP contribution is -2.19. The Morgan fingerprint density at radius 3 is 2.96 bits per heavy atom. The van der Waals surface area contributed by atoms with Crippen molar-refractivity contribution in [1.29, 1.82) is 0 Å². The van der Waals surface area contributed by atoms with Gasteiger partial charge in [-0.3, -0.25) is 14.5 Å². The molecule has 3 aromatic rings. The first kappa shape index (κ1) is 16.2. The van der Waals surface area contributed by atoms with Crippen molar-refractivity contribution >= 4 is 17.4 Å². The molecular weight excluding hydrogens is 330 g/mol. The number of pyridine rings is 1. The quantitative estimate of drug-likeness (QED) is 0.746. The number of aromatic nitrogens is 5. The molecule has 1 aliphatic rings. The van der Waals surface area contributed by atoms with Crippen LogP contribution < -0.4 is 10.6 Å². The summed E-state index contributed by atoms with van der Waals surface area (Å²) in [5.41, 5.74) is 4.42. The molecule has 0 spiro atoms. The van der Waals surface area contributed by atoms with E-state index in [-0.39, 0.29) is 5.91 Å². The van der Waals surface area contributed by atoms with E-state index in [0.29, 0.717) is 22.9 Å². The van der Waals surface area contributed by atoms with Gasteiger partial charge in [0.1, 0.15) is 11.5 Å². The number of hydrogen-bond acceptors (Lipinski definition) is 6.